The number of carboxylic acids is 1. The van der Waals surface area contributed by atoms with Gasteiger partial charge in [-0.15, -0.1) is 10.2 Å². The summed E-state index contributed by atoms with van der Waals surface area (Å²) in [6.07, 6.45) is 1.58. The van der Waals surface area contributed by atoms with Crippen molar-refractivity contribution in [3.05, 3.63) is 48.0 Å². The number of benzene rings is 1. The predicted molar refractivity (Wildman–Crippen MR) is 64.7 cm³/mol. The van der Waals surface area contributed by atoms with E-state index in [4.69, 9.17) is 0 Å². The summed E-state index contributed by atoms with van der Waals surface area (Å²) < 4.78 is 1.75. The number of carboxylic acid groups (broad SMARTS) is 1. The van der Waals surface area contributed by atoms with Crippen molar-refractivity contribution in [3.63, 3.8) is 0 Å². The average molecular weight is 246 g/mol. The van der Waals surface area contributed by atoms with Crippen LogP contribution in [-0.2, 0) is 18.4 Å². The molecule has 0 radical (unpaired) electrons. The van der Waals surface area contributed by atoms with E-state index in [0.29, 0.717) is 17.9 Å². The second-order valence-electron chi connectivity index (χ2n) is 3.92. The Hall–Kier alpha value is -2.21. The third-order valence-electron chi connectivity index (χ3n) is 2.65. The van der Waals surface area contributed by atoms with Crippen molar-refractivity contribution in [3.8, 4) is 0 Å². The monoisotopic (exact) mass is 246 g/mol. The molecule has 0 bridgehead atoms. The second kappa shape index (κ2) is 5.42. The Morgan fingerprint density at radius 3 is 2.72 bits per heavy atom. The Morgan fingerprint density at radius 1 is 1.44 bits per heavy atom. The molecular weight excluding hydrogens is 232 g/mol. The van der Waals surface area contributed by atoms with E-state index in [0.717, 1.165) is 0 Å². The van der Waals surface area contributed by atoms with Gasteiger partial charge in [-0.05, 0) is 5.56 Å². The molecule has 94 valence electrons. The lowest BCUT2D eigenvalue weighted by atomic mass is 10.1. The van der Waals surface area contributed by atoms with Crippen molar-refractivity contribution in [2.24, 2.45) is 7.05 Å². The van der Waals surface area contributed by atoms with Gasteiger partial charge >= 0.3 is 5.97 Å². The molecule has 2 aromatic rings. The number of aromatic nitrogens is 3. The second-order valence-corrected chi connectivity index (χ2v) is 3.92. The molecule has 1 atom stereocenters. The van der Waals surface area contributed by atoms with Gasteiger partial charge in [0.2, 0.25) is 0 Å². The molecule has 0 spiro atoms. The van der Waals surface area contributed by atoms with Crippen LogP contribution in [0.15, 0.2) is 36.7 Å². The van der Waals surface area contributed by atoms with Crippen LogP contribution in [-0.4, -0.2) is 25.8 Å². The van der Waals surface area contributed by atoms with Crippen molar-refractivity contribution < 1.29 is 9.90 Å². The minimum absolute atomic E-state index is 0.350. The quantitative estimate of drug-likeness (QED) is 0.813. The Bertz CT molecular complexity index is 524. The molecule has 18 heavy (non-hydrogen) atoms. The van der Waals surface area contributed by atoms with Gasteiger partial charge < -0.3 is 9.67 Å². The first-order chi connectivity index (χ1) is 8.68. The Labute approximate surface area is 104 Å². The maximum absolute atomic E-state index is 11.2. The molecule has 0 saturated carbocycles. The van der Waals surface area contributed by atoms with E-state index in [1.807, 2.05) is 25.2 Å². The zero-order valence-corrected chi connectivity index (χ0v) is 9.95. The number of aliphatic carboxylic acids is 1. The fourth-order valence-electron chi connectivity index (χ4n) is 1.65. The molecule has 0 saturated heterocycles. The minimum Gasteiger partial charge on any atom is -0.480 e. The molecule has 0 aliphatic heterocycles. The smallest absolute Gasteiger partial charge is 0.325 e. The van der Waals surface area contributed by atoms with Crippen LogP contribution in [0.4, 0.5) is 0 Å². The van der Waals surface area contributed by atoms with Crippen LogP contribution in [0.5, 0.6) is 0 Å². The summed E-state index contributed by atoms with van der Waals surface area (Å²) in [5, 5.41) is 19.8. The highest BCUT2D eigenvalue weighted by molar-refractivity contribution is 5.75. The first-order valence-corrected chi connectivity index (χ1v) is 5.52. The summed E-state index contributed by atoms with van der Waals surface area (Å²) >= 11 is 0. The molecule has 6 heteroatoms. The van der Waals surface area contributed by atoms with E-state index >= 15 is 0 Å². The number of hydrogen-bond donors (Lipinski definition) is 2. The van der Waals surface area contributed by atoms with Crippen molar-refractivity contribution in [1.82, 2.24) is 20.1 Å². The minimum atomic E-state index is -0.914. The Kier molecular flexibility index (Phi) is 3.69. The van der Waals surface area contributed by atoms with E-state index in [1.54, 1.807) is 23.0 Å². The molecule has 6 nitrogen and oxygen atoms in total. The van der Waals surface area contributed by atoms with Gasteiger partial charge in [0.1, 0.15) is 18.2 Å². The van der Waals surface area contributed by atoms with Crippen molar-refractivity contribution >= 4 is 5.97 Å². The van der Waals surface area contributed by atoms with Crippen LogP contribution in [0.25, 0.3) is 0 Å². The maximum Gasteiger partial charge on any atom is 0.325 e. The van der Waals surface area contributed by atoms with Gasteiger partial charge in [-0.3, -0.25) is 10.1 Å². The summed E-state index contributed by atoms with van der Waals surface area (Å²) in [7, 11) is 1.81. The van der Waals surface area contributed by atoms with Gasteiger partial charge in [0, 0.05) is 7.05 Å². The molecule has 1 heterocycles. The highest BCUT2D eigenvalue weighted by Gasteiger charge is 2.19. The summed E-state index contributed by atoms with van der Waals surface area (Å²) in [5.41, 5.74) is 0.715. The molecule has 0 aliphatic carbocycles. The van der Waals surface area contributed by atoms with E-state index in [9.17, 15) is 9.90 Å². The lowest BCUT2D eigenvalue weighted by Gasteiger charge is -2.14. The van der Waals surface area contributed by atoms with Gasteiger partial charge in [-0.2, -0.15) is 0 Å². The van der Waals surface area contributed by atoms with Gasteiger partial charge in [0.15, 0.2) is 0 Å². The predicted octanol–water partition coefficient (Wildman–Crippen LogP) is 0.731. The average Bonchev–Trinajstić information content (AvgIpc) is 2.76. The number of rotatable bonds is 5. The molecule has 0 amide bonds. The van der Waals surface area contributed by atoms with E-state index < -0.39 is 12.0 Å². The molecular formula is C12H14N4O2. The first-order valence-electron chi connectivity index (χ1n) is 5.52. The van der Waals surface area contributed by atoms with Crippen LogP contribution in [0.3, 0.4) is 0 Å². The number of nitrogens with zero attached hydrogens (tertiary/aromatic N) is 3. The zero-order valence-electron chi connectivity index (χ0n) is 9.95. The molecule has 1 aromatic heterocycles. The van der Waals surface area contributed by atoms with Gasteiger partial charge in [-0.1, -0.05) is 30.3 Å². The summed E-state index contributed by atoms with van der Waals surface area (Å²) in [4.78, 5) is 11.2. The van der Waals surface area contributed by atoms with Crippen LogP contribution in [0, 0.1) is 0 Å². The van der Waals surface area contributed by atoms with E-state index in [1.165, 1.54) is 0 Å². The third kappa shape index (κ3) is 2.72. The lowest BCUT2D eigenvalue weighted by Crippen LogP contribution is -2.29. The number of carbonyl (C=O) groups is 1. The number of aryl methyl sites for hydroxylation is 1. The molecule has 1 unspecified atom stereocenters. The van der Waals surface area contributed by atoms with Crippen molar-refractivity contribution in [2.75, 3.05) is 0 Å². The Morgan fingerprint density at radius 2 is 2.17 bits per heavy atom. The van der Waals surface area contributed by atoms with Gasteiger partial charge in [0.25, 0.3) is 0 Å². The normalized spacial score (nSPS) is 12.3. The van der Waals surface area contributed by atoms with E-state index in [-0.39, 0.29) is 0 Å². The SMILES string of the molecule is Cn1cnnc1CNC(C(=O)O)c1ccccc1. The van der Waals surface area contributed by atoms with Crippen LogP contribution < -0.4 is 5.32 Å². The summed E-state index contributed by atoms with van der Waals surface area (Å²) in [6.45, 7) is 0.350. The molecule has 1 aromatic carbocycles. The zero-order chi connectivity index (χ0) is 13.0. The highest BCUT2D eigenvalue weighted by atomic mass is 16.4. The molecule has 0 fully saturated rings. The van der Waals surface area contributed by atoms with E-state index in [2.05, 4.69) is 15.5 Å². The fourth-order valence-corrected chi connectivity index (χ4v) is 1.65. The fraction of sp³-hybridized carbons (Fsp3) is 0.250. The number of hydrogen-bond acceptors (Lipinski definition) is 4. The first kappa shape index (κ1) is 12.3. The topological polar surface area (TPSA) is 80.0 Å². The number of nitrogens with one attached hydrogen (secondary N) is 1. The van der Waals surface area contributed by atoms with Gasteiger partial charge in [-0.25, -0.2) is 0 Å². The molecule has 2 rings (SSSR count). The standard InChI is InChI=1S/C12H14N4O2/c1-16-8-14-15-10(16)7-13-11(12(17)18)9-5-3-2-4-6-9/h2-6,8,11,13H,7H2,1H3,(H,17,18). The van der Waals surface area contributed by atoms with Crippen molar-refractivity contribution in [1.29, 1.82) is 0 Å². The largest absolute Gasteiger partial charge is 0.480 e. The Balaban J connectivity index is 2.09. The summed E-state index contributed by atoms with van der Waals surface area (Å²) in [5.74, 6) is -0.222. The van der Waals surface area contributed by atoms with Crippen LogP contribution in [0.2, 0.25) is 0 Å². The third-order valence-corrected chi connectivity index (χ3v) is 2.65. The molecule has 0 aliphatic rings. The lowest BCUT2D eigenvalue weighted by molar-refractivity contribution is -0.139. The molecule has 2 N–H and O–H groups in total. The highest BCUT2D eigenvalue weighted by Crippen LogP contribution is 2.13. The van der Waals surface area contributed by atoms with Gasteiger partial charge in [0.05, 0.1) is 6.54 Å². The maximum atomic E-state index is 11.2. The van der Waals surface area contributed by atoms with Crippen LogP contribution >= 0.6 is 0 Å². The van der Waals surface area contributed by atoms with Crippen molar-refractivity contribution in [2.45, 2.75) is 12.6 Å². The van der Waals surface area contributed by atoms with Crippen LogP contribution in [0.1, 0.15) is 17.4 Å². The summed E-state index contributed by atoms with van der Waals surface area (Å²) in [6, 6.07) is 8.29.